The van der Waals surface area contributed by atoms with Crippen LogP contribution in [0.4, 0.5) is 0 Å². The molecule has 1 atom stereocenters. The van der Waals surface area contributed by atoms with Gasteiger partial charge in [0.05, 0.1) is 17.8 Å². The molecular weight excluding hydrogens is 316 g/mol. The van der Waals surface area contributed by atoms with E-state index in [1.165, 1.54) is 5.56 Å². The molecule has 0 aromatic carbocycles. The summed E-state index contributed by atoms with van der Waals surface area (Å²) in [5, 5.41) is 15.0. The van der Waals surface area contributed by atoms with Gasteiger partial charge in [-0.2, -0.15) is 5.10 Å². The molecule has 140 valence electrons. The van der Waals surface area contributed by atoms with Gasteiger partial charge in [0.25, 0.3) is 0 Å². The standard InChI is InChI=1S/C19H32N4O2/c1-5-22-13-16(11-20-22)12-21-8-6-19(7-9-21)10-17(25)18(3,4)23(14-19)15(2)24/h11,13,17,25H,5-10,12,14H2,1-4H3. The second-order valence-corrected chi connectivity index (χ2v) is 8.46. The number of aryl methyl sites for hydroxylation is 1. The van der Waals surface area contributed by atoms with Crippen LogP contribution in [0, 0.1) is 5.41 Å². The predicted octanol–water partition coefficient (Wildman–Crippen LogP) is 1.88. The minimum Gasteiger partial charge on any atom is -0.391 e. The molecule has 0 radical (unpaired) electrons. The van der Waals surface area contributed by atoms with Crippen molar-refractivity contribution in [3.63, 3.8) is 0 Å². The Morgan fingerprint density at radius 1 is 1.36 bits per heavy atom. The lowest BCUT2D eigenvalue weighted by Gasteiger charge is -2.55. The average Bonchev–Trinajstić information content (AvgIpc) is 3.01. The maximum atomic E-state index is 12.1. The summed E-state index contributed by atoms with van der Waals surface area (Å²) in [4.78, 5) is 16.5. The Hall–Kier alpha value is -1.40. The van der Waals surface area contributed by atoms with Crippen LogP contribution in [0.15, 0.2) is 12.4 Å². The molecule has 1 N–H and O–H groups in total. The zero-order chi connectivity index (χ0) is 18.2. The number of rotatable bonds is 3. The van der Waals surface area contributed by atoms with Crippen LogP contribution in [-0.4, -0.2) is 61.9 Å². The molecule has 1 aromatic heterocycles. The van der Waals surface area contributed by atoms with Gasteiger partial charge in [-0.3, -0.25) is 14.4 Å². The number of aliphatic hydroxyl groups excluding tert-OH is 1. The number of piperidine rings is 2. The summed E-state index contributed by atoms with van der Waals surface area (Å²) in [6.45, 7) is 12.3. The fourth-order valence-corrected chi connectivity index (χ4v) is 4.43. The zero-order valence-corrected chi connectivity index (χ0v) is 16.0. The Morgan fingerprint density at radius 3 is 2.60 bits per heavy atom. The van der Waals surface area contributed by atoms with Crippen molar-refractivity contribution in [3.8, 4) is 0 Å². The molecular formula is C19H32N4O2. The third-order valence-electron chi connectivity index (χ3n) is 6.34. The van der Waals surface area contributed by atoms with Crippen LogP contribution >= 0.6 is 0 Å². The van der Waals surface area contributed by atoms with Crippen molar-refractivity contribution in [3.05, 3.63) is 18.0 Å². The highest BCUT2D eigenvalue weighted by Gasteiger charge is 2.50. The Bertz CT molecular complexity index is 617. The van der Waals surface area contributed by atoms with Crippen LogP contribution in [-0.2, 0) is 17.9 Å². The van der Waals surface area contributed by atoms with Crippen LogP contribution < -0.4 is 0 Å². The number of carbonyl (C=O) groups is 1. The molecule has 0 aliphatic carbocycles. The Labute approximate surface area is 150 Å². The van der Waals surface area contributed by atoms with Gasteiger partial charge in [-0.1, -0.05) is 0 Å². The maximum absolute atomic E-state index is 12.1. The lowest BCUT2D eigenvalue weighted by molar-refractivity contribution is -0.157. The van der Waals surface area contributed by atoms with Gasteiger partial charge in [-0.15, -0.1) is 0 Å². The summed E-state index contributed by atoms with van der Waals surface area (Å²) in [7, 11) is 0. The fourth-order valence-electron chi connectivity index (χ4n) is 4.43. The molecule has 2 aliphatic rings. The molecule has 6 nitrogen and oxygen atoms in total. The minimum absolute atomic E-state index is 0.0602. The summed E-state index contributed by atoms with van der Waals surface area (Å²) in [6.07, 6.45) is 6.48. The lowest BCUT2D eigenvalue weighted by atomic mass is 9.67. The number of carbonyl (C=O) groups excluding carboxylic acids is 1. The number of likely N-dealkylation sites (tertiary alicyclic amines) is 2. The monoisotopic (exact) mass is 348 g/mol. The Morgan fingerprint density at radius 2 is 2.04 bits per heavy atom. The first kappa shape index (κ1) is 18.4. The van der Waals surface area contributed by atoms with Crippen molar-refractivity contribution >= 4 is 5.91 Å². The van der Waals surface area contributed by atoms with E-state index in [0.29, 0.717) is 0 Å². The third-order valence-corrected chi connectivity index (χ3v) is 6.34. The first-order chi connectivity index (χ1) is 11.8. The molecule has 1 amide bonds. The first-order valence-corrected chi connectivity index (χ1v) is 9.46. The van der Waals surface area contributed by atoms with E-state index in [9.17, 15) is 9.90 Å². The summed E-state index contributed by atoms with van der Waals surface area (Å²) in [5.41, 5.74) is 0.848. The van der Waals surface area contributed by atoms with Gasteiger partial charge in [0.2, 0.25) is 5.91 Å². The summed E-state index contributed by atoms with van der Waals surface area (Å²) >= 11 is 0. The Kier molecular flexibility index (Phi) is 4.95. The van der Waals surface area contributed by atoms with Gasteiger partial charge < -0.3 is 10.0 Å². The predicted molar refractivity (Wildman–Crippen MR) is 96.9 cm³/mol. The van der Waals surface area contributed by atoms with Crippen LogP contribution in [0.1, 0.15) is 52.5 Å². The van der Waals surface area contributed by atoms with E-state index in [2.05, 4.69) is 23.1 Å². The van der Waals surface area contributed by atoms with Gasteiger partial charge in [-0.25, -0.2) is 0 Å². The molecule has 2 fully saturated rings. The van der Waals surface area contributed by atoms with Crippen LogP contribution in [0.3, 0.4) is 0 Å². The quantitative estimate of drug-likeness (QED) is 0.906. The highest BCUT2D eigenvalue weighted by Crippen LogP contribution is 2.45. The summed E-state index contributed by atoms with van der Waals surface area (Å²) in [6, 6.07) is 0. The smallest absolute Gasteiger partial charge is 0.219 e. The van der Waals surface area contributed by atoms with Crippen LogP contribution in [0.5, 0.6) is 0 Å². The average molecular weight is 348 g/mol. The zero-order valence-electron chi connectivity index (χ0n) is 16.0. The third kappa shape index (κ3) is 3.60. The molecule has 6 heteroatoms. The largest absolute Gasteiger partial charge is 0.391 e. The van der Waals surface area contributed by atoms with Crippen molar-refractivity contribution < 1.29 is 9.90 Å². The molecule has 0 bridgehead atoms. The maximum Gasteiger partial charge on any atom is 0.219 e. The van der Waals surface area contributed by atoms with E-state index in [1.807, 2.05) is 29.6 Å². The molecule has 1 spiro atoms. The van der Waals surface area contributed by atoms with Crippen molar-refractivity contribution in [2.75, 3.05) is 19.6 Å². The highest BCUT2D eigenvalue weighted by molar-refractivity contribution is 5.74. The lowest BCUT2D eigenvalue weighted by Crippen LogP contribution is -2.64. The highest BCUT2D eigenvalue weighted by atomic mass is 16.3. The summed E-state index contributed by atoms with van der Waals surface area (Å²) < 4.78 is 1.96. The first-order valence-electron chi connectivity index (χ1n) is 9.46. The second-order valence-electron chi connectivity index (χ2n) is 8.46. The van der Waals surface area contributed by atoms with E-state index in [0.717, 1.165) is 52.0 Å². The molecule has 1 unspecified atom stereocenters. The van der Waals surface area contributed by atoms with E-state index in [1.54, 1.807) is 6.92 Å². The number of aliphatic hydroxyl groups is 1. The molecule has 3 rings (SSSR count). The number of hydrogen-bond donors (Lipinski definition) is 1. The van der Waals surface area contributed by atoms with E-state index in [4.69, 9.17) is 0 Å². The molecule has 3 heterocycles. The molecule has 2 aliphatic heterocycles. The number of nitrogens with zero attached hydrogens (tertiary/aromatic N) is 4. The molecule has 25 heavy (non-hydrogen) atoms. The van der Waals surface area contributed by atoms with Crippen molar-refractivity contribution in [1.29, 1.82) is 0 Å². The summed E-state index contributed by atoms with van der Waals surface area (Å²) in [5.74, 6) is 0.0672. The van der Waals surface area contributed by atoms with Crippen molar-refractivity contribution in [2.24, 2.45) is 5.41 Å². The van der Waals surface area contributed by atoms with Crippen LogP contribution in [0.2, 0.25) is 0 Å². The SMILES string of the molecule is CCn1cc(CN2CCC3(CC2)CC(O)C(C)(C)N(C(C)=O)C3)cn1. The number of hydrogen-bond acceptors (Lipinski definition) is 4. The minimum atomic E-state index is -0.469. The van der Waals surface area contributed by atoms with E-state index >= 15 is 0 Å². The molecule has 0 saturated carbocycles. The van der Waals surface area contributed by atoms with Crippen LogP contribution in [0.25, 0.3) is 0 Å². The fraction of sp³-hybridized carbons (Fsp3) is 0.789. The van der Waals surface area contributed by atoms with Crippen molar-refractivity contribution in [1.82, 2.24) is 19.6 Å². The van der Waals surface area contributed by atoms with E-state index < -0.39 is 11.6 Å². The molecule has 1 aromatic rings. The number of amides is 1. The van der Waals surface area contributed by atoms with Gasteiger partial charge in [0.15, 0.2) is 0 Å². The van der Waals surface area contributed by atoms with Gasteiger partial charge in [-0.05, 0) is 58.5 Å². The van der Waals surface area contributed by atoms with Crippen molar-refractivity contribution in [2.45, 2.75) is 71.7 Å². The van der Waals surface area contributed by atoms with Gasteiger partial charge in [0, 0.05) is 38.3 Å². The number of aromatic nitrogens is 2. The van der Waals surface area contributed by atoms with Gasteiger partial charge in [0.1, 0.15) is 0 Å². The normalized spacial score (nSPS) is 26.1. The second kappa shape index (κ2) is 6.72. The van der Waals surface area contributed by atoms with Gasteiger partial charge >= 0.3 is 0 Å². The topological polar surface area (TPSA) is 61.6 Å². The Balaban J connectivity index is 1.63. The molecule has 2 saturated heterocycles. The van der Waals surface area contributed by atoms with E-state index in [-0.39, 0.29) is 11.3 Å².